The minimum atomic E-state index is -0.0111. The van der Waals surface area contributed by atoms with Crippen molar-refractivity contribution in [3.63, 3.8) is 0 Å². The summed E-state index contributed by atoms with van der Waals surface area (Å²) in [6, 6.07) is 5.72. The molecular weight excluding hydrogens is 380 g/mol. The molecule has 4 bridgehead atoms. The van der Waals surface area contributed by atoms with Gasteiger partial charge in [0.25, 0.3) is 5.91 Å². The summed E-state index contributed by atoms with van der Waals surface area (Å²) in [5, 5.41) is 7.32. The highest BCUT2D eigenvalue weighted by molar-refractivity contribution is 5.95. The maximum absolute atomic E-state index is 13.0. The van der Waals surface area contributed by atoms with Gasteiger partial charge >= 0.3 is 0 Å². The summed E-state index contributed by atoms with van der Waals surface area (Å²) in [4.78, 5) is 13.0. The van der Waals surface area contributed by atoms with Crippen LogP contribution in [0.1, 0.15) is 59.5 Å². The van der Waals surface area contributed by atoms with Gasteiger partial charge in [-0.3, -0.25) is 4.79 Å². The average Bonchev–Trinajstić information content (AvgIpc) is 3.05. The summed E-state index contributed by atoms with van der Waals surface area (Å²) in [6.07, 6.45) is 6.57. The van der Waals surface area contributed by atoms with Crippen LogP contribution in [0.15, 0.2) is 22.7 Å². The number of carbonyl (C=O) groups is 1. The van der Waals surface area contributed by atoms with Crippen molar-refractivity contribution in [2.75, 3.05) is 7.11 Å². The standard InChI is InChI=1S/C24H30N2O4/c1-13-20(14(2)30-26-13)12-29-21-5-4-17(11-22(21)28-3)24(27)25-23-18-7-15-6-16(9-18)10-19(23)8-15/h4-5,11,15-16,18-19,23H,6-10,12H2,1-3H3,(H,25,27). The second-order valence-corrected chi connectivity index (χ2v) is 9.39. The third-order valence-corrected chi connectivity index (χ3v) is 7.50. The van der Waals surface area contributed by atoms with Gasteiger partial charge in [0, 0.05) is 11.6 Å². The zero-order chi connectivity index (χ0) is 20.8. The molecule has 2 aromatic rings. The summed E-state index contributed by atoms with van der Waals surface area (Å²) in [5.74, 6) is 5.00. The van der Waals surface area contributed by atoms with Gasteiger partial charge in [0.2, 0.25) is 0 Å². The Labute approximate surface area is 177 Å². The molecule has 6 rings (SSSR count). The Bertz CT molecular complexity index is 903. The molecule has 4 saturated carbocycles. The van der Waals surface area contributed by atoms with Crippen LogP contribution in [-0.4, -0.2) is 24.2 Å². The molecule has 160 valence electrons. The fraction of sp³-hybridized carbons (Fsp3) is 0.583. The molecule has 4 aliphatic carbocycles. The number of aromatic nitrogens is 1. The maximum atomic E-state index is 13.0. The molecule has 1 amide bonds. The van der Waals surface area contributed by atoms with Crippen LogP contribution >= 0.6 is 0 Å². The van der Waals surface area contributed by atoms with Crippen molar-refractivity contribution in [2.24, 2.45) is 23.7 Å². The van der Waals surface area contributed by atoms with Crippen LogP contribution in [-0.2, 0) is 6.61 Å². The summed E-state index contributed by atoms with van der Waals surface area (Å²) >= 11 is 0. The Morgan fingerprint density at radius 2 is 1.80 bits per heavy atom. The quantitative estimate of drug-likeness (QED) is 0.762. The summed E-state index contributed by atoms with van der Waals surface area (Å²) in [5.41, 5.74) is 2.37. The minimum Gasteiger partial charge on any atom is -0.493 e. The number of hydrogen-bond donors (Lipinski definition) is 1. The number of methoxy groups -OCH3 is 1. The maximum Gasteiger partial charge on any atom is 0.251 e. The van der Waals surface area contributed by atoms with Crippen molar-refractivity contribution in [2.45, 2.75) is 58.6 Å². The highest BCUT2D eigenvalue weighted by Crippen LogP contribution is 2.53. The Balaban J connectivity index is 1.27. The van der Waals surface area contributed by atoms with E-state index in [0.29, 0.717) is 41.5 Å². The molecule has 6 heteroatoms. The number of ether oxygens (including phenoxy) is 2. The van der Waals surface area contributed by atoms with Crippen molar-refractivity contribution < 1.29 is 18.8 Å². The first kappa shape index (κ1) is 19.5. The SMILES string of the molecule is COc1cc(C(=O)NC2C3CC4CC(C3)CC2C4)ccc1OCc1c(C)noc1C. The topological polar surface area (TPSA) is 73.6 Å². The number of nitrogens with one attached hydrogen (secondary N) is 1. The molecule has 4 fully saturated rings. The van der Waals surface area contributed by atoms with Gasteiger partial charge in [-0.25, -0.2) is 0 Å². The first-order valence-corrected chi connectivity index (χ1v) is 11.0. The average molecular weight is 411 g/mol. The van der Waals surface area contributed by atoms with E-state index in [1.165, 1.54) is 32.1 Å². The largest absolute Gasteiger partial charge is 0.493 e. The number of aryl methyl sites for hydroxylation is 2. The number of benzene rings is 1. The predicted molar refractivity (Wildman–Crippen MR) is 112 cm³/mol. The van der Waals surface area contributed by atoms with E-state index in [9.17, 15) is 4.79 Å². The molecule has 0 spiro atoms. The van der Waals surface area contributed by atoms with Gasteiger partial charge < -0.3 is 19.3 Å². The van der Waals surface area contributed by atoms with E-state index in [1.54, 1.807) is 13.2 Å². The molecule has 6 nitrogen and oxygen atoms in total. The lowest BCUT2D eigenvalue weighted by Crippen LogP contribution is -2.55. The van der Waals surface area contributed by atoms with Gasteiger partial charge in [0.1, 0.15) is 12.4 Å². The van der Waals surface area contributed by atoms with E-state index < -0.39 is 0 Å². The Kier molecular flexibility index (Phi) is 4.95. The van der Waals surface area contributed by atoms with E-state index in [-0.39, 0.29) is 5.91 Å². The number of rotatable bonds is 6. The van der Waals surface area contributed by atoms with Crippen LogP contribution in [0.25, 0.3) is 0 Å². The second-order valence-electron chi connectivity index (χ2n) is 9.39. The fourth-order valence-electron chi connectivity index (χ4n) is 6.18. The van der Waals surface area contributed by atoms with Gasteiger partial charge in [0.05, 0.1) is 18.4 Å². The third kappa shape index (κ3) is 3.46. The predicted octanol–water partition coefficient (Wildman–Crippen LogP) is 4.43. The Hall–Kier alpha value is -2.50. The molecule has 1 heterocycles. The van der Waals surface area contributed by atoms with E-state index in [1.807, 2.05) is 26.0 Å². The smallest absolute Gasteiger partial charge is 0.251 e. The normalized spacial score (nSPS) is 29.1. The summed E-state index contributed by atoms with van der Waals surface area (Å²) in [7, 11) is 1.59. The van der Waals surface area contributed by atoms with Crippen molar-refractivity contribution in [3.8, 4) is 11.5 Å². The van der Waals surface area contributed by atoms with Crippen LogP contribution in [0.3, 0.4) is 0 Å². The first-order valence-electron chi connectivity index (χ1n) is 11.0. The lowest BCUT2D eigenvalue weighted by Gasteiger charge is -2.54. The van der Waals surface area contributed by atoms with Gasteiger partial charge in [-0.05, 0) is 87.8 Å². The molecule has 0 aliphatic heterocycles. The van der Waals surface area contributed by atoms with E-state index >= 15 is 0 Å². The molecule has 0 unspecified atom stereocenters. The molecule has 1 N–H and O–H groups in total. The monoisotopic (exact) mass is 410 g/mol. The Morgan fingerprint density at radius 3 is 2.40 bits per heavy atom. The van der Waals surface area contributed by atoms with E-state index in [2.05, 4.69) is 10.5 Å². The number of hydrogen-bond acceptors (Lipinski definition) is 5. The third-order valence-electron chi connectivity index (χ3n) is 7.50. The van der Waals surface area contributed by atoms with Crippen LogP contribution in [0.5, 0.6) is 11.5 Å². The molecule has 4 aliphatic rings. The molecule has 0 atom stereocenters. The fourth-order valence-corrected chi connectivity index (χ4v) is 6.18. The van der Waals surface area contributed by atoms with Gasteiger partial charge in [-0.15, -0.1) is 0 Å². The van der Waals surface area contributed by atoms with Crippen LogP contribution in [0.2, 0.25) is 0 Å². The van der Waals surface area contributed by atoms with Crippen molar-refractivity contribution in [1.29, 1.82) is 0 Å². The zero-order valence-electron chi connectivity index (χ0n) is 17.9. The van der Waals surface area contributed by atoms with E-state index in [0.717, 1.165) is 28.9 Å². The van der Waals surface area contributed by atoms with Gasteiger partial charge in [0.15, 0.2) is 11.5 Å². The molecule has 30 heavy (non-hydrogen) atoms. The van der Waals surface area contributed by atoms with Crippen molar-refractivity contribution in [3.05, 3.63) is 40.8 Å². The molecule has 0 radical (unpaired) electrons. The van der Waals surface area contributed by atoms with Crippen molar-refractivity contribution in [1.82, 2.24) is 10.5 Å². The van der Waals surface area contributed by atoms with E-state index in [4.69, 9.17) is 14.0 Å². The summed E-state index contributed by atoms with van der Waals surface area (Å²) < 4.78 is 16.6. The van der Waals surface area contributed by atoms with Crippen molar-refractivity contribution >= 4 is 5.91 Å². The molecule has 1 aromatic heterocycles. The minimum absolute atomic E-state index is 0.0111. The molecular formula is C24H30N2O4. The lowest BCUT2D eigenvalue weighted by atomic mass is 9.54. The van der Waals surface area contributed by atoms with Crippen LogP contribution in [0.4, 0.5) is 0 Å². The summed E-state index contributed by atoms with van der Waals surface area (Å²) in [6.45, 7) is 4.11. The highest BCUT2D eigenvalue weighted by atomic mass is 16.5. The zero-order valence-corrected chi connectivity index (χ0v) is 17.9. The first-order chi connectivity index (χ1) is 14.5. The molecule has 0 saturated heterocycles. The number of amides is 1. The van der Waals surface area contributed by atoms with Gasteiger partial charge in [-0.1, -0.05) is 5.16 Å². The highest BCUT2D eigenvalue weighted by Gasteiger charge is 2.48. The number of carbonyl (C=O) groups excluding carboxylic acids is 1. The lowest BCUT2D eigenvalue weighted by molar-refractivity contribution is -0.0119. The number of nitrogens with zero attached hydrogens (tertiary/aromatic N) is 1. The van der Waals surface area contributed by atoms with Crippen LogP contribution < -0.4 is 14.8 Å². The second kappa shape index (κ2) is 7.64. The Morgan fingerprint density at radius 1 is 1.10 bits per heavy atom. The molecule has 1 aromatic carbocycles. The van der Waals surface area contributed by atoms with Crippen LogP contribution in [0, 0.1) is 37.5 Å². The van der Waals surface area contributed by atoms with Gasteiger partial charge in [-0.2, -0.15) is 0 Å².